The lowest BCUT2D eigenvalue weighted by atomic mass is 10.1. The zero-order chi connectivity index (χ0) is 20.0. The second-order valence-corrected chi connectivity index (χ2v) is 8.70. The van der Waals surface area contributed by atoms with E-state index in [4.69, 9.17) is 0 Å². The van der Waals surface area contributed by atoms with Crippen LogP contribution in [0.15, 0.2) is 36.1 Å². The molecular formula is C20H16FN5OS2. The van der Waals surface area contributed by atoms with Gasteiger partial charge in [-0.2, -0.15) is 0 Å². The highest BCUT2D eigenvalue weighted by atomic mass is 32.1. The molecular weight excluding hydrogens is 409 g/mol. The fourth-order valence-corrected chi connectivity index (χ4v) is 5.12. The first-order valence-corrected chi connectivity index (χ1v) is 10.8. The molecule has 0 saturated heterocycles. The lowest BCUT2D eigenvalue weighted by Gasteiger charge is -2.25. The van der Waals surface area contributed by atoms with Crippen molar-refractivity contribution in [2.24, 2.45) is 0 Å². The molecule has 0 unspecified atom stereocenters. The van der Waals surface area contributed by atoms with Crippen LogP contribution in [-0.4, -0.2) is 38.8 Å². The van der Waals surface area contributed by atoms with Crippen LogP contribution in [0.4, 0.5) is 15.9 Å². The molecule has 1 N–H and O–H groups in total. The van der Waals surface area contributed by atoms with E-state index in [0.717, 1.165) is 43.8 Å². The summed E-state index contributed by atoms with van der Waals surface area (Å²) in [6, 6.07) is 5.18. The van der Waals surface area contributed by atoms with E-state index in [0.29, 0.717) is 18.1 Å². The number of halogens is 1. The largest absolute Gasteiger partial charge is 0.338 e. The Morgan fingerprint density at radius 1 is 1.24 bits per heavy atom. The molecule has 0 spiro atoms. The quantitative estimate of drug-likeness (QED) is 0.510. The van der Waals surface area contributed by atoms with E-state index in [1.807, 2.05) is 11.0 Å². The zero-order valence-electron chi connectivity index (χ0n) is 15.5. The highest BCUT2D eigenvalue weighted by Crippen LogP contribution is 2.35. The molecule has 0 saturated carbocycles. The maximum atomic E-state index is 14.5. The van der Waals surface area contributed by atoms with E-state index in [1.54, 1.807) is 29.8 Å². The summed E-state index contributed by atoms with van der Waals surface area (Å²) in [5, 5.41) is 3.93. The van der Waals surface area contributed by atoms with Gasteiger partial charge in [0.25, 0.3) is 0 Å². The monoisotopic (exact) mass is 425 g/mol. The molecule has 1 aromatic carbocycles. The highest BCUT2D eigenvalue weighted by molar-refractivity contribution is 7.19. The lowest BCUT2D eigenvalue weighted by Crippen LogP contribution is -2.33. The summed E-state index contributed by atoms with van der Waals surface area (Å²) in [5.74, 6) is 0.272. The van der Waals surface area contributed by atoms with E-state index in [2.05, 4.69) is 26.3 Å². The van der Waals surface area contributed by atoms with E-state index in [9.17, 15) is 9.18 Å². The first-order chi connectivity index (χ1) is 14.1. The van der Waals surface area contributed by atoms with Crippen molar-refractivity contribution in [1.29, 1.82) is 0 Å². The zero-order valence-corrected chi connectivity index (χ0v) is 17.1. The molecule has 146 valence electrons. The normalized spacial score (nSPS) is 14.4. The summed E-state index contributed by atoms with van der Waals surface area (Å²) in [7, 11) is 0. The SMILES string of the molecule is CC(=O)N1CCC=C(c2cc3c(Nc4cc5ncsc5cc4F)ncnc3s2)C1. The molecule has 0 radical (unpaired) electrons. The molecule has 0 aliphatic carbocycles. The Labute approximate surface area is 173 Å². The first-order valence-electron chi connectivity index (χ1n) is 9.08. The van der Waals surface area contributed by atoms with Crippen molar-refractivity contribution in [2.45, 2.75) is 13.3 Å². The molecule has 4 aromatic rings. The first kappa shape index (κ1) is 18.1. The third-order valence-electron chi connectivity index (χ3n) is 4.92. The van der Waals surface area contributed by atoms with Crippen LogP contribution in [-0.2, 0) is 4.79 Å². The predicted octanol–water partition coefficient (Wildman–Crippen LogP) is 4.82. The van der Waals surface area contributed by atoms with Gasteiger partial charge < -0.3 is 10.2 Å². The van der Waals surface area contributed by atoms with Crippen molar-refractivity contribution < 1.29 is 9.18 Å². The van der Waals surface area contributed by atoms with Crippen molar-refractivity contribution in [3.63, 3.8) is 0 Å². The second kappa shape index (κ2) is 7.16. The van der Waals surface area contributed by atoms with E-state index in [-0.39, 0.29) is 11.7 Å². The number of hydrogen-bond donors (Lipinski definition) is 1. The van der Waals surface area contributed by atoms with Gasteiger partial charge in [-0.3, -0.25) is 4.79 Å². The summed E-state index contributed by atoms with van der Waals surface area (Å²) in [5.41, 5.74) is 3.88. The number of hydrogen-bond acceptors (Lipinski definition) is 7. The maximum absolute atomic E-state index is 14.5. The summed E-state index contributed by atoms with van der Waals surface area (Å²) in [4.78, 5) is 28.4. The number of benzene rings is 1. The molecule has 6 nitrogen and oxygen atoms in total. The Morgan fingerprint density at radius 2 is 2.14 bits per heavy atom. The van der Waals surface area contributed by atoms with Gasteiger partial charge >= 0.3 is 0 Å². The number of nitrogens with zero attached hydrogens (tertiary/aromatic N) is 4. The minimum absolute atomic E-state index is 0.0757. The Balaban J connectivity index is 1.51. The number of thiazole rings is 1. The van der Waals surface area contributed by atoms with E-state index < -0.39 is 0 Å². The Kier molecular flexibility index (Phi) is 4.48. The number of aromatic nitrogens is 3. The van der Waals surface area contributed by atoms with Gasteiger partial charge in [0.15, 0.2) is 0 Å². The molecule has 29 heavy (non-hydrogen) atoms. The third-order valence-corrected chi connectivity index (χ3v) is 6.83. The number of carbonyl (C=O) groups is 1. The number of nitrogens with one attached hydrogen (secondary N) is 1. The summed E-state index contributed by atoms with van der Waals surface area (Å²) < 4.78 is 15.3. The predicted molar refractivity (Wildman–Crippen MR) is 115 cm³/mol. The summed E-state index contributed by atoms with van der Waals surface area (Å²) in [6.07, 6.45) is 4.47. The van der Waals surface area contributed by atoms with Crippen LogP contribution in [0.1, 0.15) is 18.2 Å². The average Bonchev–Trinajstić information content (AvgIpc) is 3.35. The molecule has 1 aliphatic heterocycles. The highest BCUT2D eigenvalue weighted by Gasteiger charge is 2.19. The third kappa shape index (κ3) is 3.36. The molecule has 0 bridgehead atoms. The van der Waals surface area contributed by atoms with Crippen LogP contribution in [0.2, 0.25) is 0 Å². The van der Waals surface area contributed by atoms with Gasteiger partial charge in [0.05, 0.1) is 26.8 Å². The van der Waals surface area contributed by atoms with Gasteiger partial charge in [-0.25, -0.2) is 19.3 Å². The van der Waals surface area contributed by atoms with E-state index in [1.165, 1.54) is 23.7 Å². The number of rotatable bonds is 3. The number of anilines is 2. The average molecular weight is 426 g/mol. The van der Waals surface area contributed by atoms with Gasteiger partial charge in [-0.05, 0) is 30.2 Å². The fraction of sp³-hybridized carbons (Fsp3) is 0.200. The van der Waals surface area contributed by atoms with Gasteiger partial charge in [-0.1, -0.05) is 6.08 Å². The summed E-state index contributed by atoms with van der Waals surface area (Å²) >= 11 is 2.95. The van der Waals surface area contributed by atoms with Crippen LogP contribution in [0.25, 0.3) is 26.0 Å². The van der Waals surface area contributed by atoms with Crippen LogP contribution in [0, 0.1) is 5.82 Å². The Hall–Kier alpha value is -2.91. The minimum Gasteiger partial charge on any atom is -0.338 e. The molecule has 5 rings (SSSR count). The van der Waals surface area contributed by atoms with Crippen LogP contribution in [0.3, 0.4) is 0 Å². The molecule has 3 aromatic heterocycles. The van der Waals surface area contributed by atoms with Gasteiger partial charge in [0.1, 0.15) is 22.8 Å². The smallest absolute Gasteiger partial charge is 0.219 e. The van der Waals surface area contributed by atoms with Crippen molar-refractivity contribution in [1.82, 2.24) is 19.9 Å². The van der Waals surface area contributed by atoms with Crippen LogP contribution in [0.5, 0.6) is 0 Å². The molecule has 0 atom stereocenters. The minimum atomic E-state index is -0.351. The van der Waals surface area contributed by atoms with Crippen LogP contribution >= 0.6 is 22.7 Å². The Bertz CT molecular complexity index is 1280. The molecule has 9 heteroatoms. The summed E-state index contributed by atoms with van der Waals surface area (Å²) in [6.45, 7) is 2.93. The maximum Gasteiger partial charge on any atom is 0.219 e. The number of amides is 1. The second-order valence-electron chi connectivity index (χ2n) is 6.79. The van der Waals surface area contributed by atoms with E-state index >= 15 is 0 Å². The molecule has 0 fully saturated rings. The number of fused-ring (bicyclic) bond motifs is 2. The Morgan fingerprint density at radius 3 is 3.00 bits per heavy atom. The van der Waals surface area contributed by atoms with Crippen LogP contribution < -0.4 is 5.32 Å². The standard InChI is InChI=1S/C20H16FN5OS2/c1-11(27)26-4-2-3-12(8-26)17-5-13-19(22-9-23-20(13)29-17)25-15-7-16-18(6-14(15)21)28-10-24-16/h3,5-7,9-10H,2,4,8H2,1H3,(H,22,23,25). The van der Waals surface area contributed by atoms with Crippen molar-refractivity contribution in [3.05, 3.63) is 46.8 Å². The van der Waals surface area contributed by atoms with Crippen molar-refractivity contribution in [2.75, 3.05) is 18.4 Å². The molecule has 4 heterocycles. The molecule has 1 amide bonds. The molecule has 1 aliphatic rings. The van der Waals surface area contributed by atoms with Gasteiger partial charge in [-0.15, -0.1) is 22.7 Å². The lowest BCUT2D eigenvalue weighted by molar-refractivity contribution is -0.128. The van der Waals surface area contributed by atoms with Gasteiger partial charge in [0, 0.05) is 24.9 Å². The fourth-order valence-electron chi connectivity index (χ4n) is 3.41. The number of thiophene rings is 1. The van der Waals surface area contributed by atoms with Crippen molar-refractivity contribution in [3.8, 4) is 0 Å². The number of carbonyl (C=O) groups excluding carboxylic acids is 1. The van der Waals surface area contributed by atoms with Gasteiger partial charge in [0.2, 0.25) is 5.91 Å². The van der Waals surface area contributed by atoms with Crippen molar-refractivity contribution >= 4 is 66.1 Å². The topological polar surface area (TPSA) is 71.0 Å².